The van der Waals surface area contributed by atoms with Crippen molar-refractivity contribution in [1.82, 2.24) is 9.80 Å². The van der Waals surface area contributed by atoms with Gasteiger partial charge in [0, 0.05) is 37.6 Å². The Labute approximate surface area is 92.4 Å². The fourth-order valence-corrected chi connectivity index (χ4v) is 2.87. The Hall–Kier alpha value is -0.570. The highest BCUT2D eigenvalue weighted by atomic mass is 16.2. The minimum atomic E-state index is 0.231. The molecule has 1 spiro atoms. The number of nitrogens with zero attached hydrogens (tertiary/aromatic N) is 2. The lowest BCUT2D eigenvalue weighted by molar-refractivity contribution is -0.134. The van der Waals surface area contributed by atoms with Gasteiger partial charge in [-0.2, -0.15) is 0 Å². The second-order valence-corrected chi connectivity index (χ2v) is 5.99. The second-order valence-electron chi connectivity index (χ2n) is 5.99. The molecule has 2 fully saturated rings. The van der Waals surface area contributed by atoms with Crippen molar-refractivity contribution in [2.45, 2.75) is 51.6 Å². The van der Waals surface area contributed by atoms with Gasteiger partial charge in [0.2, 0.25) is 5.91 Å². The molecule has 0 aromatic rings. The summed E-state index contributed by atoms with van der Waals surface area (Å²) in [5.41, 5.74) is 0.557. The van der Waals surface area contributed by atoms with Crippen LogP contribution in [0.2, 0.25) is 0 Å². The maximum Gasteiger partial charge on any atom is 0.219 e. The Kier molecular flexibility index (Phi) is 2.34. The molecule has 1 aliphatic heterocycles. The topological polar surface area (TPSA) is 23.6 Å². The first-order valence-electron chi connectivity index (χ1n) is 5.88. The molecule has 0 aromatic heterocycles. The maximum absolute atomic E-state index is 11.4. The number of carbonyl (C=O) groups is 1. The van der Waals surface area contributed by atoms with Crippen LogP contribution in [0.15, 0.2) is 0 Å². The lowest BCUT2D eigenvalue weighted by atomic mass is 9.98. The van der Waals surface area contributed by atoms with Crippen molar-refractivity contribution in [2.24, 2.45) is 0 Å². The van der Waals surface area contributed by atoms with E-state index in [0.717, 1.165) is 19.6 Å². The zero-order chi connectivity index (χ0) is 11.3. The fraction of sp³-hybridized carbons (Fsp3) is 0.917. The summed E-state index contributed by atoms with van der Waals surface area (Å²) in [6.45, 7) is 11.4. The molecule has 15 heavy (non-hydrogen) atoms. The van der Waals surface area contributed by atoms with E-state index in [-0.39, 0.29) is 11.4 Å². The smallest absolute Gasteiger partial charge is 0.219 e. The van der Waals surface area contributed by atoms with Crippen LogP contribution in [0, 0.1) is 0 Å². The standard InChI is InChI=1S/C12H22N2O/c1-10(15)13-7-8-14(11(2,3)4)12(9-13)5-6-12/h5-9H2,1-4H3. The molecule has 1 amide bonds. The summed E-state index contributed by atoms with van der Waals surface area (Å²) in [6, 6.07) is 0. The molecule has 2 aliphatic rings. The third kappa shape index (κ3) is 1.89. The summed E-state index contributed by atoms with van der Waals surface area (Å²) in [7, 11) is 0. The monoisotopic (exact) mass is 210 g/mol. The van der Waals surface area contributed by atoms with Crippen molar-refractivity contribution in [1.29, 1.82) is 0 Å². The zero-order valence-electron chi connectivity index (χ0n) is 10.3. The van der Waals surface area contributed by atoms with Crippen LogP contribution < -0.4 is 0 Å². The molecule has 86 valence electrons. The molecule has 1 saturated carbocycles. The molecule has 1 saturated heterocycles. The largest absolute Gasteiger partial charge is 0.340 e. The lowest BCUT2D eigenvalue weighted by Crippen LogP contribution is -2.61. The third-order valence-corrected chi connectivity index (χ3v) is 3.73. The molecule has 0 radical (unpaired) electrons. The molecule has 3 nitrogen and oxygen atoms in total. The molecule has 0 atom stereocenters. The van der Waals surface area contributed by atoms with Crippen molar-refractivity contribution in [3.05, 3.63) is 0 Å². The van der Waals surface area contributed by atoms with Gasteiger partial charge in [0.15, 0.2) is 0 Å². The molecule has 3 heteroatoms. The predicted octanol–water partition coefficient (Wildman–Crippen LogP) is 1.48. The second kappa shape index (κ2) is 3.21. The van der Waals surface area contributed by atoms with Crippen molar-refractivity contribution in [3.8, 4) is 0 Å². The fourth-order valence-electron chi connectivity index (χ4n) is 2.87. The van der Waals surface area contributed by atoms with Crippen molar-refractivity contribution < 1.29 is 4.79 Å². The predicted molar refractivity (Wildman–Crippen MR) is 60.7 cm³/mol. The maximum atomic E-state index is 11.4. The minimum absolute atomic E-state index is 0.231. The van der Waals surface area contributed by atoms with Gasteiger partial charge in [-0.25, -0.2) is 0 Å². The van der Waals surface area contributed by atoms with Gasteiger partial charge in [-0.3, -0.25) is 9.69 Å². The number of amides is 1. The summed E-state index contributed by atoms with van der Waals surface area (Å²) in [5.74, 6) is 0.231. The zero-order valence-corrected chi connectivity index (χ0v) is 10.3. The molecule has 0 unspecified atom stereocenters. The summed E-state index contributed by atoms with van der Waals surface area (Å²) in [6.07, 6.45) is 2.52. The molecule has 0 bridgehead atoms. The molecule has 0 aromatic carbocycles. The average Bonchev–Trinajstić information content (AvgIpc) is 2.82. The summed E-state index contributed by atoms with van der Waals surface area (Å²) < 4.78 is 0. The van der Waals surface area contributed by atoms with Gasteiger partial charge in [0.25, 0.3) is 0 Å². The van der Waals surface area contributed by atoms with Crippen LogP contribution >= 0.6 is 0 Å². The van der Waals surface area contributed by atoms with E-state index in [1.54, 1.807) is 6.92 Å². The highest BCUT2D eigenvalue weighted by molar-refractivity contribution is 5.73. The van der Waals surface area contributed by atoms with Crippen LogP contribution in [0.4, 0.5) is 0 Å². The highest BCUT2D eigenvalue weighted by Crippen LogP contribution is 2.47. The summed E-state index contributed by atoms with van der Waals surface area (Å²) in [5, 5.41) is 0. The normalized spacial score (nSPS) is 25.7. The number of hydrogen-bond acceptors (Lipinski definition) is 2. The SMILES string of the molecule is CC(=O)N1CCN(C(C)(C)C)C2(CC2)C1. The van der Waals surface area contributed by atoms with Gasteiger partial charge in [-0.05, 0) is 33.6 Å². The van der Waals surface area contributed by atoms with Crippen LogP contribution in [0.25, 0.3) is 0 Å². The summed E-state index contributed by atoms with van der Waals surface area (Å²) >= 11 is 0. The molecule has 1 aliphatic carbocycles. The Balaban J connectivity index is 2.11. The molecular formula is C12H22N2O. The first-order valence-corrected chi connectivity index (χ1v) is 5.88. The van der Waals surface area contributed by atoms with Crippen molar-refractivity contribution >= 4 is 5.91 Å². The van der Waals surface area contributed by atoms with Gasteiger partial charge in [-0.1, -0.05) is 0 Å². The Bertz CT molecular complexity index is 276. The van der Waals surface area contributed by atoms with Crippen LogP contribution in [0.1, 0.15) is 40.5 Å². The lowest BCUT2D eigenvalue weighted by Gasteiger charge is -2.48. The number of carbonyl (C=O) groups excluding carboxylic acids is 1. The van der Waals surface area contributed by atoms with E-state index in [4.69, 9.17) is 0 Å². The van der Waals surface area contributed by atoms with Gasteiger partial charge in [0.1, 0.15) is 0 Å². The van der Waals surface area contributed by atoms with Crippen molar-refractivity contribution in [3.63, 3.8) is 0 Å². The Morgan fingerprint density at radius 1 is 1.20 bits per heavy atom. The molecular weight excluding hydrogens is 188 g/mol. The summed E-state index contributed by atoms with van der Waals surface area (Å²) in [4.78, 5) is 16.0. The van der Waals surface area contributed by atoms with Gasteiger partial charge in [0.05, 0.1) is 0 Å². The Morgan fingerprint density at radius 3 is 2.20 bits per heavy atom. The van der Waals surface area contributed by atoms with E-state index in [1.807, 2.05) is 4.90 Å². The number of piperazine rings is 1. The van der Waals surface area contributed by atoms with Crippen LogP contribution in [-0.2, 0) is 4.79 Å². The van der Waals surface area contributed by atoms with Gasteiger partial charge < -0.3 is 4.90 Å². The van der Waals surface area contributed by atoms with Crippen LogP contribution in [0.3, 0.4) is 0 Å². The number of hydrogen-bond donors (Lipinski definition) is 0. The molecule has 2 rings (SSSR count). The van der Waals surface area contributed by atoms with Crippen LogP contribution in [-0.4, -0.2) is 46.4 Å². The quantitative estimate of drug-likeness (QED) is 0.604. The van der Waals surface area contributed by atoms with E-state index in [2.05, 4.69) is 25.7 Å². The average molecular weight is 210 g/mol. The van der Waals surface area contributed by atoms with Gasteiger partial charge >= 0.3 is 0 Å². The van der Waals surface area contributed by atoms with Gasteiger partial charge in [-0.15, -0.1) is 0 Å². The van der Waals surface area contributed by atoms with E-state index in [9.17, 15) is 4.79 Å². The highest BCUT2D eigenvalue weighted by Gasteiger charge is 2.54. The van der Waals surface area contributed by atoms with E-state index in [0.29, 0.717) is 5.54 Å². The molecule has 1 heterocycles. The third-order valence-electron chi connectivity index (χ3n) is 3.73. The van der Waals surface area contributed by atoms with E-state index >= 15 is 0 Å². The van der Waals surface area contributed by atoms with Crippen molar-refractivity contribution in [2.75, 3.05) is 19.6 Å². The number of rotatable bonds is 0. The molecule has 0 N–H and O–H groups in total. The first kappa shape index (κ1) is 10.9. The Morgan fingerprint density at radius 2 is 1.80 bits per heavy atom. The van der Waals surface area contributed by atoms with E-state index in [1.165, 1.54) is 12.8 Å². The van der Waals surface area contributed by atoms with E-state index < -0.39 is 0 Å². The minimum Gasteiger partial charge on any atom is -0.340 e. The first-order chi connectivity index (χ1) is 6.85. The van der Waals surface area contributed by atoms with Crippen LogP contribution in [0.5, 0.6) is 0 Å².